The largest absolute Gasteiger partial charge is 0.477 e. The summed E-state index contributed by atoms with van der Waals surface area (Å²) in [4.78, 5) is 24.0. The molecule has 0 spiro atoms. The van der Waals surface area contributed by atoms with Crippen LogP contribution in [0.4, 0.5) is 5.69 Å². The third kappa shape index (κ3) is 3.75. The van der Waals surface area contributed by atoms with Gasteiger partial charge < -0.3 is 20.1 Å². The lowest BCUT2D eigenvalue weighted by Gasteiger charge is -2.31. The fourth-order valence-electron chi connectivity index (χ4n) is 3.22. The van der Waals surface area contributed by atoms with Crippen molar-refractivity contribution in [3.8, 4) is 5.75 Å². The van der Waals surface area contributed by atoms with Gasteiger partial charge in [-0.05, 0) is 43.9 Å². The molecular formula is C17H21ClN2O4. The highest BCUT2D eigenvalue weighted by molar-refractivity contribution is 6.30. The van der Waals surface area contributed by atoms with Gasteiger partial charge >= 0.3 is 5.97 Å². The third-order valence-electron chi connectivity index (χ3n) is 4.59. The summed E-state index contributed by atoms with van der Waals surface area (Å²) in [6.45, 7) is 0.399. The fourth-order valence-corrected chi connectivity index (χ4v) is 3.39. The van der Waals surface area contributed by atoms with Crippen LogP contribution in [0.5, 0.6) is 5.75 Å². The van der Waals surface area contributed by atoms with Crippen LogP contribution in [0.1, 0.15) is 25.7 Å². The first-order valence-corrected chi connectivity index (χ1v) is 8.53. The molecule has 130 valence electrons. The first-order valence-electron chi connectivity index (χ1n) is 8.15. The SMILES string of the molecule is COC(=O)[C@H]1CC[C@H](NC(=O)C2CNc3cc(Cl)ccc3O2)CC1. The van der Waals surface area contributed by atoms with Gasteiger partial charge in [-0.15, -0.1) is 0 Å². The van der Waals surface area contributed by atoms with Gasteiger partial charge in [-0.1, -0.05) is 11.6 Å². The van der Waals surface area contributed by atoms with Crippen molar-refractivity contribution < 1.29 is 19.1 Å². The van der Waals surface area contributed by atoms with Gasteiger partial charge in [-0.3, -0.25) is 9.59 Å². The molecule has 0 saturated heterocycles. The summed E-state index contributed by atoms with van der Waals surface area (Å²) in [5.41, 5.74) is 0.796. The summed E-state index contributed by atoms with van der Waals surface area (Å²) >= 11 is 5.94. The number of methoxy groups -OCH3 is 1. The molecule has 1 aromatic carbocycles. The molecule has 1 saturated carbocycles. The van der Waals surface area contributed by atoms with Gasteiger partial charge in [0.2, 0.25) is 0 Å². The van der Waals surface area contributed by atoms with Crippen molar-refractivity contribution in [1.29, 1.82) is 0 Å². The zero-order valence-corrected chi connectivity index (χ0v) is 14.3. The van der Waals surface area contributed by atoms with Gasteiger partial charge in [0.1, 0.15) is 5.75 Å². The summed E-state index contributed by atoms with van der Waals surface area (Å²) in [5.74, 6) is 0.284. The number of carbonyl (C=O) groups is 2. The van der Waals surface area contributed by atoms with Crippen LogP contribution in [0.3, 0.4) is 0 Å². The standard InChI is InChI=1S/C17H21ClN2O4/c1-23-17(22)10-2-5-12(6-3-10)20-16(21)15-9-19-13-8-11(18)4-7-14(13)24-15/h4,7-8,10,12,15,19H,2-3,5-6,9H2,1H3,(H,20,21)/t10-,12-,15?. The van der Waals surface area contributed by atoms with E-state index < -0.39 is 6.10 Å². The quantitative estimate of drug-likeness (QED) is 0.817. The van der Waals surface area contributed by atoms with Gasteiger partial charge in [-0.25, -0.2) is 0 Å². The Balaban J connectivity index is 1.51. The number of nitrogens with one attached hydrogen (secondary N) is 2. The number of esters is 1. The minimum absolute atomic E-state index is 0.0487. The van der Waals surface area contributed by atoms with Crippen LogP contribution in [0.15, 0.2) is 18.2 Å². The lowest BCUT2D eigenvalue weighted by Crippen LogP contribution is -2.49. The van der Waals surface area contributed by atoms with E-state index in [0.29, 0.717) is 17.3 Å². The molecule has 0 bridgehead atoms. The number of fused-ring (bicyclic) bond motifs is 1. The van der Waals surface area contributed by atoms with E-state index in [-0.39, 0.29) is 23.8 Å². The molecule has 1 heterocycles. The van der Waals surface area contributed by atoms with Crippen LogP contribution >= 0.6 is 11.6 Å². The molecule has 1 aliphatic heterocycles. The van der Waals surface area contributed by atoms with Crippen LogP contribution in [-0.2, 0) is 14.3 Å². The van der Waals surface area contributed by atoms with Gasteiger partial charge in [0.25, 0.3) is 5.91 Å². The molecule has 1 fully saturated rings. The molecule has 1 unspecified atom stereocenters. The molecular weight excluding hydrogens is 332 g/mol. The van der Waals surface area contributed by atoms with Crippen LogP contribution in [0.2, 0.25) is 5.02 Å². The fraction of sp³-hybridized carbons (Fsp3) is 0.529. The Hall–Kier alpha value is -1.95. The monoisotopic (exact) mass is 352 g/mol. The maximum absolute atomic E-state index is 12.4. The van der Waals surface area contributed by atoms with Crippen LogP contribution in [-0.4, -0.2) is 37.7 Å². The van der Waals surface area contributed by atoms with Crippen LogP contribution in [0, 0.1) is 5.92 Å². The minimum atomic E-state index is -0.572. The normalized spacial score (nSPS) is 25.7. The Labute approximate surface area is 145 Å². The Kier molecular flexibility index (Phi) is 5.14. The molecule has 1 aliphatic carbocycles. The summed E-state index contributed by atoms with van der Waals surface area (Å²) < 4.78 is 10.5. The third-order valence-corrected chi connectivity index (χ3v) is 4.82. The Bertz CT molecular complexity index is 629. The molecule has 3 rings (SSSR count). The highest BCUT2D eigenvalue weighted by Crippen LogP contribution is 2.32. The number of carbonyl (C=O) groups excluding carboxylic acids is 2. The lowest BCUT2D eigenvalue weighted by molar-refractivity contribution is -0.146. The van der Waals surface area contributed by atoms with Crippen LogP contribution < -0.4 is 15.4 Å². The zero-order valence-electron chi connectivity index (χ0n) is 13.5. The van der Waals surface area contributed by atoms with E-state index in [1.165, 1.54) is 7.11 Å². The number of hydrogen-bond acceptors (Lipinski definition) is 5. The van der Waals surface area contributed by atoms with Crippen molar-refractivity contribution in [2.24, 2.45) is 5.92 Å². The van der Waals surface area contributed by atoms with E-state index in [4.69, 9.17) is 21.1 Å². The van der Waals surface area contributed by atoms with E-state index in [1.807, 2.05) is 0 Å². The number of anilines is 1. The number of amides is 1. The predicted octanol–water partition coefficient (Wildman–Crippen LogP) is 2.36. The van der Waals surface area contributed by atoms with Gasteiger partial charge in [0.15, 0.2) is 6.10 Å². The second-order valence-corrected chi connectivity index (χ2v) is 6.64. The topological polar surface area (TPSA) is 76.7 Å². The van der Waals surface area contributed by atoms with E-state index >= 15 is 0 Å². The lowest BCUT2D eigenvalue weighted by atomic mass is 9.86. The van der Waals surface area contributed by atoms with Crippen molar-refractivity contribution in [2.45, 2.75) is 37.8 Å². The summed E-state index contributed by atoms with van der Waals surface area (Å²) in [5, 5.41) is 6.82. The molecule has 1 amide bonds. The Morgan fingerprint density at radius 2 is 2.04 bits per heavy atom. The summed E-state index contributed by atoms with van der Waals surface area (Å²) in [6, 6.07) is 5.34. The number of hydrogen-bond donors (Lipinski definition) is 2. The van der Waals surface area contributed by atoms with Gasteiger partial charge in [-0.2, -0.15) is 0 Å². The molecule has 0 radical (unpaired) electrons. The smallest absolute Gasteiger partial charge is 0.308 e. The Morgan fingerprint density at radius 3 is 2.75 bits per heavy atom. The predicted molar refractivity (Wildman–Crippen MR) is 90.3 cm³/mol. The minimum Gasteiger partial charge on any atom is -0.477 e. The maximum atomic E-state index is 12.4. The summed E-state index contributed by atoms with van der Waals surface area (Å²) in [7, 11) is 1.41. The first-order chi connectivity index (χ1) is 11.6. The average molecular weight is 353 g/mol. The van der Waals surface area contributed by atoms with E-state index in [1.54, 1.807) is 18.2 Å². The Morgan fingerprint density at radius 1 is 1.29 bits per heavy atom. The molecule has 24 heavy (non-hydrogen) atoms. The first kappa shape index (κ1) is 16.9. The van der Waals surface area contributed by atoms with Gasteiger partial charge in [0, 0.05) is 11.1 Å². The second-order valence-electron chi connectivity index (χ2n) is 6.21. The van der Waals surface area contributed by atoms with E-state index in [2.05, 4.69) is 10.6 Å². The maximum Gasteiger partial charge on any atom is 0.308 e. The highest BCUT2D eigenvalue weighted by Gasteiger charge is 2.31. The van der Waals surface area contributed by atoms with Crippen molar-refractivity contribution in [3.63, 3.8) is 0 Å². The zero-order chi connectivity index (χ0) is 17.1. The molecule has 0 aromatic heterocycles. The molecule has 1 aromatic rings. The second kappa shape index (κ2) is 7.30. The number of benzene rings is 1. The molecule has 2 aliphatic rings. The van der Waals surface area contributed by atoms with Crippen molar-refractivity contribution in [3.05, 3.63) is 23.2 Å². The number of rotatable bonds is 3. The van der Waals surface area contributed by atoms with Crippen molar-refractivity contribution >= 4 is 29.2 Å². The molecule has 6 nitrogen and oxygen atoms in total. The highest BCUT2D eigenvalue weighted by atomic mass is 35.5. The van der Waals surface area contributed by atoms with Gasteiger partial charge in [0.05, 0.1) is 25.3 Å². The molecule has 7 heteroatoms. The molecule has 2 N–H and O–H groups in total. The number of ether oxygens (including phenoxy) is 2. The molecule has 1 atom stereocenters. The van der Waals surface area contributed by atoms with E-state index in [0.717, 1.165) is 31.4 Å². The number of halogens is 1. The van der Waals surface area contributed by atoms with Crippen LogP contribution in [0.25, 0.3) is 0 Å². The van der Waals surface area contributed by atoms with Crippen molar-refractivity contribution in [2.75, 3.05) is 19.0 Å². The average Bonchev–Trinajstić information content (AvgIpc) is 2.61. The van der Waals surface area contributed by atoms with E-state index in [9.17, 15) is 9.59 Å². The summed E-state index contributed by atoms with van der Waals surface area (Å²) in [6.07, 6.45) is 2.46. The van der Waals surface area contributed by atoms with Crippen molar-refractivity contribution in [1.82, 2.24) is 5.32 Å².